The third-order valence-corrected chi connectivity index (χ3v) is 7.42. The number of hydrogen-bond acceptors (Lipinski definition) is 6. The first-order valence-corrected chi connectivity index (χ1v) is 14.4. The summed E-state index contributed by atoms with van der Waals surface area (Å²) in [7, 11) is 0. The molecule has 0 radical (unpaired) electrons. The fraction of sp³-hybridized carbons (Fsp3) is 0.515. The predicted octanol–water partition coefficient (Wildman–Crippen LogP) is 7.21. The maximum atomic E-state index is 14.0. The number of fused-ring (bicyclic) bond motifs is 1. The summed E-state index contributed by atoms with van der Waals surface area (Å²) in [5, 5.41) is 0. The van der Waals surface area contributed by atoms with E-state index in [9.17, 15) is 9.18 Å². The molecular weight excluding hydrogens is 509 g/mol. The Morgan fingerprint density at radius 2 is 1.95 bits per heavy atom. The van der Waals surface area contributed by atoms with Crippen molar-refractivity contribution in [3.63, 3.8) is 0 Å². The van der Waals surface area contributed by atoms with Crippen LogP contribution in [0.15, 0.2) is 36.6 Å². The smallest absolute Gasteiger partial charge is 0.306 e. The summed E-state index contributed by atoms with van der Waals surface area (Å²) < 4.78 is 37.4. The Hall–Kier alpha value is -3.03. The second-order valence-electron chi connectivity index (χ2n) is 12.1. The van der Waals surface area contributed by atoms with Crippen LogP contribution in [0.5, 0.6) is 0 Å². The van der Waals surface area contributed by atoms with Gasteiger partial charge in [-0.25, -0.2) is 4.39 Å². The molecule has 0 bridgehead atoms. The number of nitrogens with zero attached hydrogens (tertiary/aromatic N) is 1. The molecule has 1 unspecified atom stereocenters. The van der Waals surface area contributed by atoms with Crippen LogP contribution in [0.4, 0.5) is 4.39 Å². The van der Waals surface area contributed by atoms with E-state index < -0.39 is 11.9 Å². The highest BCUT2D eigenvalue weighted by Crippen LogP contribution is 2.46. The van der Waals surface area contributed by atoms with Crippen LogP contribution in [-0.4, -0.2) is 42.2 Å². The van der Waals surface area contributed by atoms with E-state index >= 15 is 0 Å². The quantitative estimate of drug-likeness (QED) is 0.355. The maximum absolute atomic E-state index is 14.0. The summed E-state index contributed by atoms with van der Waals surface area (Å²) in [6.07, 6.45) is 9.16. The van der Waals surface area contributed by atoms with Crippen LogP contribution in [0.2, 0.25) is 0 Å². The molecule has 3 atom stereocenters. The normalized spacial score (nSPS) is 23.6. The lowest BCUT2D eigenvalue weighted by Crippen LogP contribution is -2.26. The molecule has 1 saturated carbocycles. The Balaban J connectivity index is 1.52. The van der Waals surface area contributed by atoms with Crippen LogP contribution in [0.3, 0.4) is 0 Å². The SMILES string of the molecule is CC1=COCCc2c1nc(C1CC1)c(/C=C/[C@@H]1C[C@H](CC(=O)OC(C)(C)C)COC(C)O1)c2-c1ccc(F)cc1. The van der Waals surface area contributed by atoms with Crippen LogP contribution < -0.4 is 0 Å². The highest BCUT2D eigenvalue weighted by molar-refractivity contribution is 5.84. The molecule has 2 aromatic rings. The summed E-state index contributed by atoms with van der Waals surface area (Å²) in [6.45, 7) is 10.5. The number of allylic oxidation sites excluding steroid dienone is 1. The van der Waals surface area contributed by atoms with Gasteiger partial charge in [0, 0.05) is 23.5 Å². The van der Waals surface area contributed by atoms with Crippen molar-refractivity contribution in [1.29, 1.82) is 0 Å². The monoisotopic (exact) mass is 549 g/mol. The van der Waals surface area contributed by atoms with Gasteiger partial charge < -0.3 is 18.9 Å². The third-order valence-electron chi connectivity index (χ3n) is 7.42. The number of halogens is 1. The molecule has 3 aliphatic rings. The molecule has 2 aliphatic heterocycles. The summed E-state index contributed by atoms with van der Waals surface area (Å²) in [6, 6.07) is 6.71. The van der Waals surface area contributed by atoms with Crippen molar-refractivity contribution in [3.05, 3.63) is 64.9 Å². The van der Waals surface area contributed by atoms with E-state index in [4.69, 9.17) is 23.9 Å². The Bertz CT molecular complexity index is 1290. The standard InChI is InChI=1S/C33H40FNO5/c1-20-18-37-15-14-28-30(23-8-10-25(34)11-9-23)27(32(24-6-7-24)35-31(20)28)13-12-26-16-22(19-38-21(2)39-26)17-29(36)40-33(3,4)5/h8-13,18,21-22,24,26H,6-7,14-17,19H2,1-5H3/b13-12+/t21?,22-,26-/m1/s1. The van der Waals surface area contributed by atoms with Gasteiger partial charge in [0.2, 0.25) is 0 Å². The van der Waals surface area contributed by atoms with Gasteiger partial charge in [0.05, 0.1) is 43.4 Å². The van der Waals surface area contributed by atoms with Gasteiger partial charge in [0.15, 0.2) is 6.29 Å². The van der Waals surface area contributed by atoms with Crippen molar-refractivity contribution in [2.24, 2.45) is 5.92 Å². The maximum Gasteiger partial charge on any atom is 0.306 e. The number of benzene rings is 1. The fourth-order valence-corrected chi connectivity index (χ4v) is 5.51. The van der Waals surface area contributed by atoms with E-state index in [0.29, 0.717) is 32.0 Å². The number of esters is 1. The number of rotatable bonds is 6. The first-order chi connectivity index (χ1) is 19.1. The van der Waals surface area contributed by atoms with Gasteiger partial charge in [-0.15, -0.1) is 0 Å². The van der Waals surface area contributed by atoms with E-state index in [1.165, 1.54) is 12.1 Å². The lowest BCUT2D eigenvalue weighted by Gasteiger charge is -2.22. The second kappa shape index (κ2) is 11.8. The fourth-order valence-electron chi connectivity index (χ4n) is 5.51. The van der Waals surface area contributed by atoms with Crippen LogP contribution in [0.25, 0.3) is 22.8 Å². The molecule has 214 valence electrons. The number of pyridine rings is 1. The minimum atomic E-state index is -0.529. The van der Waals surface area contributed by atoms with E-state index in [2.05, 4.69) is 12.2 Å². The van der Waals surface area contributed by atoms with E-state index in [1.54, 1.807) is 6.26 Å². The zero-order valence-corrected chi connectivity index (χ0v) is 24.2. The van der Waals surface area contributed by atoms with Crippen LogP contribution in [0, 0.1) is 11.7 Å². The molecular formula is C33H40FNO5. The van der Waals surface area contributed by atoms with Gasteiger partial charge in [-0.2, -0.15) is 0 Å². The summed E-state index contributed by atoms with van der Waals surface area (Å²) in [5.41, 5.74) is 6.68. The van der Waals surface area contributed by atoms with Gasteiger partial charge >= 0.3 is 5.97 Å². The largest absolute Gasteiger partial charge is 0.500 e. The number of carbonyl (C=O) groups is 1. The minimum absolute atomic E-state index is 0.0240. The molecule has 2 fully saturated rings. The minimum Gasteiger partial charge on any atom is -0.500 e. The Kier molecular flexibility index (Phi) is 8.43. The Morgan fingerprint density at radius 3 is 2.65 bits per heavy atom. The molecule has 0 N–H and O–H groups in total. The van der Waals surface area contributed by atoms with Crippen molar-refractivity contribution in [1.82, 2.24) is 4.98 Å². The highest BCUT2D eigenvalue weighted by atomic mass is 19.1. The van der Waals surface area contributed by atoms with Gasteiger partial charge in [0.1, 0.15) is 11.4 Å². The molecule has 40 heavy (non-hydrogen) atoms. The molecule has 0 spiro atoms. The van der Waals surface area contributed by atoms with E-state index in [-0.39, 0.29) is 30.2 Å². The van der Waals surface area contributed by atoms with Gasteiger partial charge in [-0.3, -0.25) is 9.78 Å². The summed E-state index contributed by atoms with van der Waals surface area (Å²) in [5.74, 6) is -0.129. The number of carbonyl (C=O) groups excluding carboxylic acids is 1. The Morgan fingerprint density at radius 1 is 1.20 bits per heavy atom. The molecule has 7 heteroatoms. The Labute approximate surface area is 236 Å². The molecule has 1 aliphatic carbocycles. The number of aromatic nitrogens is 1. The first kappa shape index (κ1) is 28.5. The second-order valence-corrected chi connectivity index (χ2v) is 12.1. The van der Waals surface area contributed by atoms with Crippen molar-refractivity contribution in [2.45, 2.75) is 90.6 Å². The average Bonchev–Trinajstić information content (AvgIpc) is 3.74. The topological polar surface area (TPSA) is 66.9 Å². The number of ether oxygens (including phenoxy) is 4. The molecule has 0 amide bonds. The van der Waals surface area contributed by atoms with Gasteiger partial charge in [0.25, 0.3) is 0 Å². The van der Waals surface area contributed by atoms with Gasteiger partial charge in [-0.1, -0.05) is 24.3 Å². The van der Waals surface area contributed by atoms with Crippen LogP contribution in [0.1, 0.15) is 88.7 Å². The lowest BCUT2D eigenvalue weighted by atomic mass is 9.88. The molecule has 3 heterocycles. The first-order valence-electron chi connectivity index (χ1n) is 14.4. The van der Waals surface area contributed by atoms with Crippen molar-refractivity contribution >= 4 is 17.6 Å². The van der Waals surface area contributed by atoms with Crippen LogP contribution >= 0.6 is 0 Å². The number of hydrogen-bond donors (Lipinski definition) is 0. The third kappa shape index (κ3) is 6.99. The molecule has 5 rings (SSSR count). The van der Waals surface area contributed by atoms with E-state index in [1.807, 2.05) is 46.8 Å². The summed E-state index contributed by atoms with van der Waals surface area (Å²) in [4.78, 5) is 17.8. The highest BCUT2D eigenvalue weighted by Gasteiger charge is 2.32. The zero-order valence-electron chi connectivity index (χ0n) is 24.2. The summed E-state index contributed by atoms with van der Waals surface area (Å²) >= 11 is 0. The zero-order chi connectivity index (χ0) is 28.4. The molecule has 1 aromatic carbocycles. The van der Waals surface area contributed by atoms with Crippen LogP contribution in [-0.2, 0) is 30.2 Å². The lowest BCUT2D eigenvalue weighted by molar-refractivity contribution is -0.157. The average molecular weight is 550 g/mol. The van der Waals surface area contributed by atoms with Crippen molar-refractivity contribution in [2.75, 3.05) is 13.2 Å². The van der Waals surface area contributed by atoms with Gasteiger partial charge in [-0.05, 0) is 88.6 Å². The predicted molar refractivity (Wildman–Crippen MR) is 153 cm³/mol. The van der Waals surface area contributed by atoms with Crippen molar-refractivity contribution < 1.29 is 28.1 Å². The molecule has 6 nitrogen and oxygen atoms in total. The molecule has 1 aromatic heterocycles. The molecule has 1 saturated heterocycles. The van der Waals surface area contributed by atoms with E-state index in [0.717, 1.165) is 52.1 Å². The van der Waals surface area contributed by atoms with Crippen molar-refractivity contribution in [3.8, 4) is 11.1 Å².